The highest BCUT2D eigenvalue weighted by Gasteiger charge is 2.39. The number of amides is 2. The van der Waals surface area contributed by atoms with Gasteiger partial charge >= 0.3 is 12.0 Å². The van der Waals surface area contributed by atoms with Crippen molar-refractivity contribution >= 4 is 17.7 Å². The molecule has 1 aliphatic rings. The van der Waals surface area contributed by atoms with Crippen LogP contribution in [0.3, 0.4) is 0 Å². The number of benzene rings is 1. The van der Waals surface area contributed by atoms with E-state index in [2.05, 4.69) is 5.32 Å². The van der Waals surface area contributed by atoms with E-state index in [0.29, 0.717) is 5.69 Å². The molecule has 2 atom stereocenters. The summed E-state index contributed by atoms with van der Waals surface area (Å²) in [5, 5.41) is 30.0. The third kappa shape index (κ3) is 2.70. The van der Waals surface area contributed by atoms with E-state index in [4.69, 9.17) is 10.4 Å². The first-order valence-corrected chi connectivity index (χ1v) is 6.00. The summed E-state index contributed by atoms with van der Waals surface area (Å²) in [5.74, 6) is -1.16. The van der Waals surface area contributed by atoms with E-state index in [9.17, 15) is 14.7 Å². The molecule has 2 rings (SSSR count). The number of carboxylic acid groups (broad SMARTS) is 1. The van der Waals surface area contributed by atoms with Gasteiger partial charge < -0.3 is 20.4 Å². The largest absolute Gasteiger partial charge is 0.480 e. The Balaban J connectivity index is 2.16. The number of likely N-dealkylation sites (tertiary alicyclic amines) is 1. The van der Waals surface area contributed by atoms with Gasteiger partial charge in [0, 0.05) is 13.0 Å². The second kappa shape index (κ2) is 5.59. The smallest absolute Gasteiger partial charge is 0.326 e. The van der Waals surface area contributed by atoms with Gasteiger partial charge in [-0.05, 0) is 12.1 Å². The third-order valence-corrected chi connectivity index (χ3v) is 3.11. The molecular weight excluding hydrogens is 262 g/mol. The Morgan fingerprint density at radius 1 is 1.40 bits per heavy atom. The molecule has 0 spiro atoms. The second-order valence-corrected chi connectivity index (χ2v) is 4.48. The van der Waals surface area contributed by atoms with E-state index >= 15 is 0 Å². The number of carboxylic acids is 1. The van der Waals surface area contributed by atoms with Crippen LogP contribution in [-0.4, -0.2) is 45.8 Å². The van der Waals surface area contributed by atoms with Crippen molar-refractivity contribution in [3.63, 3.8) is 0 Å². The lowest BCUT2D eigenvalue weighted by molar-refractivity contribution is -0.141. The van der Waals surface area contributed by atoms with Crippen LogP contribution < -0.4 is 5.32 Å². The molecule has 1 aromatic carbocycles. The van der Waals surface area contributed by atoms with Gasteiger partial charge in [0.1, 0.15) is 12.1 Å². The van der Waals surface area contributed by atoms with E-state index in [1.807, 2.05) is 6.07 Å². The van der Waals surface area contributed by atoms with Crippen LogP contribution in [0, 0.1) is 11.3 Å². The number of nitrogens with zero attached hydrogens (tertiary/aromatic N) is 2. The number of urea groups is 1. The SMILES string of the molecule is N#Cc1ccccc1NC(=O)N1C[C@H](O)C[C@H]1C(=O)O. The number of carbonyl (C=O) groups is 2. The fraction of sp³-hybridized carbons (Fsp3) is 0.308. The van der Waals surface area contributed by atoms with Crippen molar-refractivity contribution < 1.29 is 19.8 Å². The zero-order valence-corrected chi connectivity index (χ0v) is 10.5. The fourth-order valence-electron chi connectivity index (χ4n) is 2.15. The Morgan fingerprint density at radius 3 is 2.75 bits per heavy atom. The van der Waals surface area contributed by atoms with Gasteiger partial charge in [-0.3, -0.25) is 0 Å². The minimum absolute atomic E-state index is 0.00263. The summed E-state index contributed by atoms with van der Waals surface area (Å²) in [6.45, 7) is -0.0441. The lowest BCUT2D eigenvalue weighted by Gasteiger charge is -2.21. The quantitative estimate of drug-likeness (QED) is 0.731. The van der Waals surface area contributed by atoms with Crippen LogP contribution in [0.4, 0.5) is 10.5 Å². The Hall–Kier alpha value is -2.59. The summed E-state index contributed by atoms with van der Waals surface area (Å²) in [6.07, 6.45) is -0.851. The van der Waals surface area contributed by atoms with Crippen LogP contribution in [-0.2, 0) is 4.79 Å². The molecule has 1 aromatic rings. The summed E-state index contributed by atoms with van der Waals surface area (Å²) in [5.41, 5.74) is 0.595. The van der Waals surface area contributed by atoms with Crippen LogP contribution >= 0.6 is 0 Å². The Labute approximate surface area is 115 Å². The van der Waals surface area contributed by atoms with Crippen molar-refractivity contribution in [2.24, 2.45) is 0 Å². The molecule has 2 amide bonds. The molecule has 20 heavy (non-hydrogen) atoms. The molecule has 0 saturated carbocycles. The van der Waals surface area contributed by atoms with E-state index in [0.717, 1.165) is 4.90 Å². The Bertz CT molecular complexity index is 581. The van der Waals surface area contributed by atoms with E-state index in [1.165, 1.54) is 0 Å². The predicted molar refractivity (Wildman–Crippen MR) is 68.9 cm³/mol. The van der Waals surface area contributed by atoms with Gasteiger partial charge in [0.2, 0.25) is 0 Å². The average Bonchev–Trinajstić information content (AvgIpc) is 2.82. The number of nitriles is 1. The second-order valence-electron chi connectivity index (χ2n) is 4.48. The van der Waals surface area contributed by atoms with Gasteiger partial charge in [0.25, 0.3) is 0 Å². The number of anilines is 1. The van der Waals surface area contributed by atoms with Gasteiger partial charge in [0.05, 0.1) is 17.4 Å². The van der Waals surface area contributed by atoms with Crippen LogP contribution in [0.2, 0.25) is 0 Å². The molecule has 0 radical (unpaired) electrons. The number of hydrogen-bond acceptors (Lipinski definition) is 4. The maximum absolute atomic E-state index is 12.1. The number of aliphatic hydroxyl groups is 1. The number of aliphatic carboxylic acids is 1. The molecule has 0 aromatic heterocycles. The minimum Gasteiger partial charge on any atom is -0.480 e. The van der Waals surface area contributed by atoms with Crippen molar-refractivity contribution in [1.29, 1.82) is 5.26 Å². The van der Waals surface area contributed by atoms with Crippen molar-refractivity contribution in [1.82, 2.24) is 4.90 Å². The van der Waals surface area contributed by atoms with E-state index < -0.39 is 24.1 Å². The molecule has 0 unspecified atom stereocenters. The van der Waals surface area contributed by atoms with Crippen LogP contribution in [0.25, 0.3) is 0 Å². The zero-order chi connectivity index (χ0) is 14.7. The third-order valence-electron chi connectivity index (χ3n) is 3.11. The molecule has 1 heterocycles. The van der Waals surface area contributed by atoms with Crippen molar-refractivity contribution in [2.75, 3.05) is 11.9 Å². The number of β-amino-alcohol motifs (C(OH)–C–C–N with tert-alkyl or cyclic N) is 1. The molecule has 0 bridgehead atoms. The molecule has 7 nitrogen and oxygen atoms in total. The molecular formula is C13H13N3O4. The monoisotopic (exact) mass is 275 g/mol. The summed E-state index contributed by atoms with van der Waals surface area (Å²) in [4.78, 5) is 24.2. The Morgan fingerprint density at radius 2 is 2.10 bits per heavy atom. The van der Waals surface area contributed by atoms with Gasteiger partial charge in [-0.1, -0.05) is 12.1 Å². The van der Waals surface area contributed by atoms with Crippen LogP contribution in [0.15, 0.2) is 24.3 Å². The van der Waals surface area contributed by atoms with Crippen molar-refractivity contribution in [3.8, 4) is 6.07 Å². The normalized spacial score (nSPS) is 21.3. The van der Waals surface area contributed by atoms with Crippen molar-refractivity contribution in [2.45, 2.75) is 18.6 Å². The van der Waals surface area contributed by atoms with E-state index in [1.54, 1.807) is 24.3 Å². The number of carbonyl (C=O) groups excluding carboxylic acids is 1. The number of hydrogen-bond donors (Lipinski definition) is 3. The maximum Gasteiger partial charge on any atom is 0.326 e. The zero-order valence-electron chi connectivity index (χ0n) is 10.5. The van der Waals surface area contributed by atoms with Gasteiger partial charge in [-0.2, -0.15) is 5.26 Å². The molecule has 1 aliphatic heterocycles. The number of aliphatic hydroxyl groups excluding tert-OH is 1. The van der Waals surface area contributed by atoms with Crippen molar-refractivity contribution in [3.05, 3.63) is 29.8 Å². The molecule has 7 heteroatoms. The number of rotatable bonds is 2. The number of para-hydroxylation sites is 1. The summed E-state index contributed by atoms with van der Waals surface area (Å²) in [6, 6.07) is 6.65. The van der Waals surface area contributed by atoms with Crippen LogP contribution in [0.5, 0.6) is 0 Å². The standard InChI is InChI=1S/C13H13N3O4/c14-6-8-3-1-2-4-10(8)15-13(20)16-7-9(17)5-11(16)12(18)19/h1-4,9,11,17H,5,7H2,(H,15,20)(H,18,19)/t9-,11+/m1/s1. The highest BCUT2D eigenvalue weighted by atomic mass is 16.4. The fourth-order valence-corrected chi connectivity index (χ4v) is 2.15. The Kier molecular flexibility index (Phi) is 3.86. The average molecular weight is 275 g/mol. The highest BCUT2D eigenvalue weighted by Crippen LogP contribution is 2.21. The lowest BCUT2D eigenvalue weighted by atomic mass is 10.2. The molecule has 0 aliphatic carbocycles. The van der Waals surface area contributed by atoms with Gasteiger partial charge in [-0.15, -0.1) is 0 Å². The number of nitrogens with one attached hydrogen (secondary N) is 1. The molecule has 3 N–H and O–H groups in total. The first kappa shape index (κ1) is 13.8. The lowest BCUT2D eigenvalue weighted by Crippen LogP contribution is -2.43. The summed E-state index contributed by atoms with van der Waals surface area (Å²) >= 11 is 0. The minimum atomic E-state index is -1.16. The molecule has 104 valence electrons. The molecule has 1 saturated heterocycles. The summed E-state index contributed by atoms with van der Waals surface area (Å²) < 4.78 is 0. The van der Waals surface area contributed by atoms with E-state index in [-0.39, 0.29) is 18.5 Å². The van der Waals surface area contributed by atoms with Gasteiger partial charge in [0.15, 0.2) is 0 Å². The summed E-state index contributed by atoms with van der Waals surface area (Å²) in [7, 11) is 0. The first-order valence-electron chi connectivity index (χ1n) is 6.00. The first-order chi connectivity index (χ1) is 9.52. The highest BCUT2D eigenvalue weighted by molar-refractivity contribution is 5.93. The predicted octanol–water partition coefficient (Wildman–Crippen LogP) is 0.610. The van der Waals surface area contributed by atoms with Gasteiger partial charge in [-0.25, -0.2) is 9.59 Å². The topological polar surface area (TPSA) is 114 Å². The maximum atomic E-state index is 12.1. The van der Waals surface area contributed by atoms with Crippen LogP contribution in [0.1, 0.15) is 12.0 Å². The molecule has 1 fully saturated rings.